The van der Waals surface area contributed by atoms with Crippen LogP contribution < -0.4 is 5.32 Å². The summed E-state index contributed by atoms with van der Waals surface area (Å²) in [5, 5.41) is 1.98. The van der Waals surface area contributed by atoms with Gasteiger partial charge >= 0.3 is 12.1 Å². The van der Waals surface area contributed by atoms with E-state index in [4.69, 9.17) is 16.3 Å². The van der Waals surface area contributed by atoms with E-state index >= 15 is 0 Å². The van der Waals surface area contributed by atoms with Crippen molar-refractivity contribution >= 4 is 33.5 Å². The Kier molecular flexibility index (Phi) is 7.75. The predicted molar refractivity (Wildman–Crippen MR) is 102 cm³/mol. The van der Waals surface area contributed by atoms with Crippen molar-refractivity contribution < 1.29 is 35.9 Å². The number of carbonyl (C=O) groups excluding carboxylic acids is 2. The fraction of sp³-hybridized carbons (Fsp3) is 0.556. The number of esters is 1. The van der Waals surface area contributed by atoms with E-state index in [1.807, 2.05) is 0 Å². The van der Waals surface area contributed by atoms with Crippen LogP contribution in [0.25, 0.3) is 0 Å². The molecule has 12 heteroatoms. The minimum absolute atomic E-state index is 0.0652. The summed E-state index contributed by atoms with van der Waals surface area (Å²) in [6.07, 6.45) is -4.53. The minimum Gasteiger partial charge on any atom is -0.455 e. The van der Waals surface area contributed by atoms with Gasteiger partial charge in [0.2, 0.25) is 10.0 Å². The van der Waals surface area contributed by atoms with Crippen molar-refractivity contribution in [3.05, 3.63) is 28.8 Å². The van der Waals surface area contributed by atoms with Crippen LogP contribution in [0.3, 0.4) is 0 Å². The Hall–Kier alpha value is -1.85. The summed E-state index contributed by atoms with van der Waals surface area (Å²) in [5.41, 5.74) is -1.23. The van der Waals surface area contributed by atoms with Crippen molar-refractivity contribution in [3.63, 3.8) is 0 Å². The van der Waals surface area contributed by atoms with Crippen LogP contribution in [0.2, 0.25) is 5.02 Å². The largest absolute Gasteiger partial charge is 0.455 e. The number of alkyl halides is 3. The molecule has 0 radical (unpaired) electrons. The standard InChI is InChI=1S/C18H22ClF3N2O5S/c1-11(2)23-16(25)10-29-17(26)12-5-7-24(8-6-12)30(27,28)13-3-4-15(19)14(9-13)18(20,21)22/h3-4,9,11-12H,5-8,10H2,1-2H3,(H,23,25). The van der Waals surface area contributed by atoms with Gasteiger partial charge in [0.15, 0.2) is 6.61 Å². The van der Waals surface area contributed by atoms with Gasteiger partial charge in [-0.25, -0.2) is 8.42 Å². The van der Waals surface area contributed by atoms with E-state index in [-0.39, 0.29) is 32.0 Å². The van der Waals surface area contributed by atoms with Crippen LogP contribution in [-0.2, 0) is 30.5 Å². The average molecular weight is 471 g/mol. The molecule has 1 saturated heterocycles. The monoisotopic (exact) mass is 470 g/mol. The normalized spacial score (nSPS) is 16.5. The van der Waals surface area contributed by atoms with Gasteiger partial charge in [0.1, 0.15) is 0 Å². The Morgan fingerprint density at radius 3 is 2.40 bits per heavy atom. The van der Waals surface area contributed by atoms with Crippen LogP contribution in [0.15, 0.2) is 23.1 Å². The molecule has 0 bridgehead atoms. The van der Waals surface area contributed by atoms with E-state index in [0.717, 1.165) is 16.4 Å². The van der Waals surface area contributed by atoms with Crippen LogP contribution in [0.4, 0.5) is 13.2 Å². The highest BCUT2D eigenvalue weighted by Crippen LogP contribution is 2.36. The molecule has 1 aromatic carbocycles. The highest BCUT2D eigenvalue weighted by atomic mass is 35.5. The van der Waals surface area contributed by atoms with Crippen LogP contribution in [0.5, 0.6) is 0 Å². The summed E-state index contributed by atoms with van der Waals surface area (Å²) in [5.74, 6) is -1.65. The molecule has 2 rings (SSSR count). The molecule has 1 aliphatic rings. The van der Waals surface area contributed by atoms with Crippen LogP contribution >= 0.6 is 11.6 Å². The number of carbonyl (C=O) groups is 2. The number of hydrogen-bond donors (Lipinski definition) is 1. The summed E-state index contributed by atoms with van der Waals surface area (Å²) in [4.78, 5) is 23.1. The summed E-state index contributed by atoms with van der Waals surface area (Å²) in [7, 11) is -4.19. The molecule has 0 spiro atoms. The third kappa shape index (κ3) is 6.08. The Morgan fingerprint density at radius 2 is 1.87 bits per heavy atom. The number of amides is 1. The molecule has 1 amide bonds. The van der Waals surface area contributed by atoms with Gasteiger partial charge in [-0.3, -0.25) is 9.59 Å². The molecule has 0 atom stereocenters. The molecule has 0 saturated carbocycles. The number of benzene rings is 1. The number of nitrogens with one attached hydrogen (secondary N) is 1. The van der Waals surface area contributed by atoms with Gasteiger partial charge in [0.05, 0.1) is 21.4 Å². The highest BCUT2D eigenvalue weighted by molar-refractivity contribution is 7.89. The van der Waals surface area contributed by atoms with Crippen molar-refractivity contribution in [2.45, 2.75) is 43.8 Å². The first-order valence-corrected chi connectivity index (χ1v) is 11.0. The summed E-state index contributed by atoms with van der Waals surface area (Å²) in [6.45, 7) is 2.96. The van der Waals surface area contributed by atoms with Crippen molar-refractivity contribution in [1.29, 1.82) is 0 Å². The van der Waals surface area contributed by atoms with Crippen LogP contribution in [0, 0.1) is 5.92 Å². The fourth-order valence-corrected chi connectivity index (χ4v) is 4.70. The molecule has 1 fully saturated rings. The fourth-order valence-electron chi connectivity index (χ4n) is 2.98. The number of piperidine rings is 1. The second-order valence-electron chi connectivity index (χ2n) is 7.15. The van der Waals surface area contributed by atoms with Gasteiger partial charge in [-0.1, -0.05) is 11.6 Å². The summed E-state index contributed by atoms with van der Waals surface area (Å²) < 4.78 is 70.5. The lowest BCUT2D eigenvalue weighted by Gasteiger charge is -2.30. The third-order valence-electron chi connectivity index (χ3n) is 4.46. The number of halogens is 4. The van der Waals surface area contributed by atoms with E-state index in [1.54, 1.807) is 13.8 Å². The van der Waals surface area contributed by atoms with Gasteiger partial charge in [-0.2, -0.15) is 17.5 Å². The lowest BCUT2D eigenvalue weighted by Crippen LogP contribution is -2.41. The maximum Gasteiger partial charge on any atom is 0.417 e. The van der Waals surface area contributed by atoms with Gasteiger partial charge in [-0.05, 0) is 44.9 Å². The Morgan fingerprint density at radius 1 is 1.27 bits per heavy atom. The highest BCUT2D eigenvalue weighted by Gasteiger charge is 2.37. The van der Waals surface area contributed by atoms with Gasteiger partial charge in [-0.15, -0.1) is 0 Å². The third-order valence-corrected chi connectivity index (χ3v) is 6.69. The molecule has 1 N–H and O–H groups in total. The second-order valence-corrected chi connectivity index (χ2v) is 9.49. The SMILES string of the molecule is CC(C)NC(=O)COC(=O)C1CCN(S(=O)(=O)c2ccc(Cl)c(C(F)(F)F)c2)CC1. The lowest BCUT2D eigenvalue weighted by molar-refractivity contribution is -0.153. The number of ether oxygens (including phenoxy) is 1. The number of rotatable bonds is 6. The maximum atomic E-state index is 13.0. The van der Waals surface area contributed by atoms with Crippen molar-refractivity contribution in [3.8, 4) is 0 Å². The zero-order chi connectivity index (χ0) is 22.7. The number of hydrogen-bond acceptors (Lipinski definition) is 5. The van der Waals surface area contributed by atoms with Crippen molar-refractivity contribution in [1.82, 2.24) is 9.62 Å². The molecule has 0 aliphatic carbocycles. The van der Waals surface area contributed by atoms with E-state index in [2.05, 4.69) is 5.32 Å². The van der Waals surface area contributed by atoms with E-state index in [1.165, 1.54) is 0 Å². The molecule has 7 nitrogen and oxygen atoms in total. The Labute approximate surface area is 177 Å². The van der Waals surface area contributed by atoms with Crippen molar-refractivity contribution in [2.75, 3.05) is 19.7 Å². The molecular formula is C18H22ClF3N2O5S. The molecule has 1 heterocycles. The predicted octanol–water partition coefficient (Wildman–Crippen LogP) is 2.83. The van der Waals surface area contributed by atoms with Crippen LogP contribution in [0.1, 0.15) is 32.3 Å². The van der Waals surface area contributed by atoms with E-state index in [9.17, 15) is 31.2 Å². The van der Waals surface area contributed by atoms with E-state index < -0.39 is 56.1 Å². The average Bonchev–Trinajstić information content (AvgIpc) is 2.65. The molecule has 1 aromatic rings. The van der Waals surface area contributed by atoms with Crippen molar-refractivity contribution in [2.24, 2.45) is 5.92 Å². The van der Waals surface area contributed by atoms with Gasteiger partial charge in [0.25, 0.3) is 5.91 Å². The first kappa shape index (κ1) is 24.4. The number of nitrogens with zero attached hydrogens (tertiary/aromatic N) is 1. The molecular weight excluding hydrogens is 449 g/mol. The maximum absolute atomic E-state index is 13.0. The lowest BCUT2D eigenvalue weighted by atomic mass is 9.98. The topological polar surface area (TPSA) is 92.8 Å². The first-order valence-electron chi connectivity index (χ1n) is 9.15. The molecule has 0 aromatic heterocycles. The molecule has 0 unspecified atom stereocenters. The zero-order valence-corrected chi connectivity index (χ0v) is 17.9. The molecule has 30 heavy (non-hydrogen) atoms. The smallest absolute Gasteiger partial charge is 0.417 e. The van der Waals surface area contributed by atoms with Crippen LogP contribution in [-0.4, -0.2) is 50.3 Å². The molecule has 168 valence electrons. The van der Waals surface area contributed by atoms with Gasteiger partial charge in [0, 0.05) is 19.1 Å². The summed E-state index contributed by atoms with van der Waals surface area (Å²) >= 11 is 5.54. The summed E-state index contributed by atoms with van der Waals surface area (Å²) in [6, 6.07) is 2.31. The molecule has 1 aliphatic heterocycles. The second kappa shape index (κ2) is 9.52. The van der Waals surface area contributed by atoms with Gasteiger partial charge < -0.3 is 10.1 Å². The van der Waals surface area contributed by atoms with E-state index in [0.29, 0.717) is 6.07 Å². The Bertz CT molecular complexity index is 898. The quantitative estimate of drug-likeness (QED) is 0.645. The zero-order valence-electron chi connectivity index (χ0n) is 16.3. The first-order chi connectivity index (χ1) is 13.8. The Balaban J connectivity index is 2.00. The minimum atomic E-state index is -4.79. The number of sulfonamides is 1.